The van der Waals surface area contributed by atoms with Crippen molar-refractivity contribution in [1.82, 2.24) is 5.32 Å². The minimum atomic E-state index is -4.40. The summed E-state index contributed by atoms with van der Waals surface area (Å²) in [5.41, 5.74) is 0.107. The van der Waals surface area contributed by atoms with Crippen LogP contribution in [0.4, 0.5) is 18.0 Å². The number of cyclic esters (lactones) is 1. The summed E-state index contributed by atoms with van der Waals surface area (Å²) in [6.07, 6.45) is -5.69. The Morgan fingerprint density at radius 2 is 1.94 bits per heavy atom. The maximum absolute atomic E-state index is 12.7. The molecule has 0 aliphatic carbocycles. The second-order valence-electron chi connectivity index (χ2n) is 4.39. The van der Waals surface area contributed by atoms with Crippen LogP contribution < -0.4 is 5.32 Å². The van der Waals surface area contributed by atoms with Crippen LogP contribution in [0.5, 0.6) is 0 Å². The molecule has 18 heavy (non-hydrogen) atoms. The van der Waals surface area contributed by atoms with Crippen LogP contribution >= 0.6 is 0 Å². The third-order valence-electron chi connectivity index (χ3n) is 2.79. The average molecular weight is 259 g/mol. The Morgan fingerprint density at radius 1 is 1.28 bits per heavy atom. The predicted molar refractivity (Wildman–Crippen MR) is 58.0 cm³/mol. The van der Waals surface area contributed by atoms with Crippen molar-refractivity contribution in [3.05, 3.63) is 34.9 Å². The molecule has 1 heterocycles. The minimum Gasteiger partial charge on any atom is -0.439 e. The van der Waals surface area contributed by atoms with E-state index in [9.17, 15) is 18.0 Å². The third-order valence-corrected chi connectivity index (χ3v) is 2.79. The van der Waals surface area contributed by atoms with Gasteiger partial charge in [-0.2, -0.15) is 13.2 Å². The molecule has 1 fully saturated rings. The number of carbonyl (C=O) groups excluding carboxylic acids is 1. The van der Waals surface area contributed by atoms with E-state index < -0.39 is 23.9 Å². The van der Waals surface area contributed by atoms with E-state index in [1.807, 2.05) is 0 Å². The van der Waals surface area contributed by atoms with Gasteiger partial charge in [0.1, 0.15) is 6.10 Å². The van der Waals surface area contributed by atoms with Gasteiger partial charge in [-0.15, -0.1) is 0 Å². The SMILES string of the molecule is Cc1cc([C@H]2OC(=O)NC2C)cc(C(F)(F)F)c1. The quantitative estimate of drug-likeness (QED) is 0.841. The average Bonchev–Trinajstić information content (AvgIpc) is 2.55. The van der Waals surface area contributed by atoms with Crippen LogP contribution in [0.3, 0.4) is 0 Å². The molecular weight excluding hydrogens is 247 g/mol. The molecule has 0 spiro atoms. The van der Waals surface area contributed by atoms with Crippen molar-refractivity contribution in [1.29, 1.82) is 0 Å². The van der Waals surface area contributed by atoms with Crippen molar-refractivity contribution in [2.24, 2.45) is 0 Å². The topological polar surface area (TPSA) is 38.3 Å². The molecule has 1 aliphatic rings. The summed E-state index contributed by atoms with van der Waals surface area (Å²) in [4.78, 5) is 11.0. The first kappa shape index (κ1) is 12.7. The molecule has 1 unspecified atom stereocenters. The lowest BCUT2D eigenvalue weighted by Gasteiger charge is -2.16. The Morgan fingerprint density at radius 3 is 2.44 bits per heavy atom. The molecule has 0 radical (unpaired) electrons. The highest BCUT2D eigenvalue weighted by Gasteiger charge is 2.35. The van der Waals surface area contributed by atoms with E-state index >= 15 is 0 Å². The van der Waals surface area contributed by atoms with Crippen LogP contribution in [0.1, 0.15) is 29.7 Å². The zero-order valence-corrected chi connectivity index (χ0v) is 9.84. The van der Waals surface area contributed by atoms with Crippen LogP contribution in [0.2, 0.25) is 0 Å². The molecule has 2 rings (SSSR count). The number of alkyl halides is 3. The van der Waals surface area contributed by atoms with Gasteiger partial charge in [-0.1, -0.05) is 11.6 Å². The number of halogens is 3. The Kier molecular flexibility index (Phi) is 2.96. The summed E-state index contributed by atoms with van der Waals surface area (Å²) in [7, 11) is 0. The maximum Gasteiger partial charge on any atom is 0.416 e. The monoisotopic (exact) mass is 259 g/mol. The van der Waals surface area contributed by atoms with E-state index in [0.717, 1.165) is 12.1 Å². The Labute approximate surface area is 102 Å². The molecule has 1 N–H and O–H groups in total. The minimum absolute atomic E-state index is 0.347. The second kappa shape index (κ2) is 4.19. The first-order valence-electron chi connectivity index (χ1n) is 5.43. The van der Waals surface area contributed by atoms with E-state index in [1.165, 1.54) is 0 Å². The summed E-state index contributed by atoms with van der Waals surface area (Å²) < 4.78 is 43.0. The number of hydrogen-bond acceptors (Lipinski definition) is 2. The van der Waals surface area contributed by atoms with Gasteiger partial charge < -0.3 is 10.1 Å². The first-order valence-corrected chi connectivity index (χ1v) is 5.43. The lowest BCUT2D eigenvalue weighted by molar-refractivity contribution is -0.137. The summed E-state index contributed by atoms with van der Waals surface area (Å²) in [5, 5.41) is 2.50. The number of amides is 1. The van der Waals surface area contributed by atoms with Crippen LogP contribution in [0.15, 0.2) is 18.2 Å². The number of benzene rings is 1. The normalized spacial score (nSPS) is 23.7. The van der Waals surface area contributed by atoms with E-state index in [0.29, 0.717) is 11.1 Å². The molecule has 1 aromatic carbocycles. The number of hydrogen-bond donors (Lipinski definition) is 1. The Hall–Kier alpha value is -1.72. The maximum atomic E-state index is 12.7. The van der Waals surface area contributed by atoms with Crippen molar-refractivity contribution in [2.45, 2.75) is 32.2 Å². The van der Waals surface area contributed by atoms with E-state index in [4.69, 9.17) is 4.74 Å². The van der Waals surface area contributed by atoms with Crippen LogP contribution in [0.25, 0.3) is 0 Å². The highest BCUT2D eigenvalue weighted by Crippen LogP contribution is 2.34. The van der Waals surface area contributed by atoms with Gasteiger partial charge in [0.05, 0.1) is 11.6 Å². The molecular formula is C12H12F3NO2. The number of ether oxygens (including phenoxy) is 1. The fraction of sp³-hybridized carbons (Fsp3) is 0.417. The standard InChI is InChI=1S/C12H12F3NO2/c1-6-3-8(5-9(4-6)12(13,14)15)10-7(2)16-11(17)18-10/h3-5,7,10H,1-2H3,(H,16,17)/t7?,10-/m0/s1. The predicted octanol–water partition coefficient (Wildman–Crippen LogP) is 3.18. The van der Waals surface area contributed by atoms with E-state index in [-0.39, 0.29) is 6.04 Å². The number of nitrogens with one attached hydrogen (secondary N) is 1. The third kappa shape index (κ3) is 2.42. The molecule has 3 nitrogen and oxygen atoms in total. The van der Waals surface area contributed by atoms with Gasteiger partial charge in [-0.25, -0.2) is 4.79 Å². The lowest BCUT2D eigenvalue weighted by Crippen LogP contribution is -2.24. The highest BCUT2D eigenvalue weighted by molar-refractivity contribution is 5.70. The van der Waals surface area contributed by atoms with Gasteiger partial charge in [0, 0.05) is 0 Å². The van der Waals surface area contributed by atoms with Gasteiger partial charge in [0.25, 0.3) is 0 Å². The molecule has 1 aliphatic heterocycles. The summed E-state index contributed by atoms with van der Waals surface area (Å²) >= 11 is 0. The van der Waals surface area contributed by atoms with Gasteiger partial charge in [-0.3, -0.25) is 0 Å². The number of aryl methyl sites for hydroxylation is 1. The van der Waals surface area contributed by atoms with Crippen molar-refractivity contribution in [2.75, 3.05) is 0 Å². The molecule has 2 atom stereocenters. The van der Waals surface area contributed by atoms with E-state index in [2.05, 4.69) is 5.32 Å². The van der Waals surface area contributed by atoms with Crippen LogP contribution in [-0.2, 0) is 10.9 Å². The van der Waals surface area contributed by atoms with Crippen molar-refractivity contribution >= 4 is 6.09 Å². The Balaban J connectivity index is 2.40. The molecule has 1 saturated heterocycles. The summed E-state index contributed by atoms with van der Waals surface area (Å²) in [6.45, 7) is 3.26. The summed E-state index contributed by atoms with van der Waals surface area (Å²) in [6, 6.07) is 3.34. The number of carbonyl (C=O) groups is 1. The number of rotatable bonds is 1. The smallest absolute Gasteiger partial charge is 0.416 e. The second-order valence-corrected chi connectivity index (χ2v) is 4.39. The zero-order chi connectivity index (χ0) is 13.5. The number of alkyl carbamates (subject to hydrolysis) is 1. The zero-order valence-electron chi connectivity index (χ0n) is 9.84. The van der Waals surface area contributed by atoms with Crippen molar-refractivity contribution < 1.29 is 22.7 Å². The first-order chi connectivity index (χ1) is 8.27. The molecule has 1 amide bonds. The lowest BCUT2D eigenvalue weighted by atomic mass is 9.99. The Bertz CT molecular complexity index is 485. The molecule has 0 aromatic heterocycles. The molecule has 6 heteroatoms. The largest absolute Gasteiger partial charge is 0.439 e. The summed E-state index contributed by atoms with van der Waals surface area (Å²) in [5.74, 6) is 0. The van der Waals surface area contributed by atoms with Gasteiger partial charge >= 0.3 is 12.3 Å². The molecule has 0 saturated carbocycles. The molecule has 1 aromatic rings. The van der Waals surface area contributed by atoms with Gasteiger partial charge in [0.15, 0.2) is 0 Å². The van der Waals surface area contributed by atoms with E-state index in [1.54, 1.807) is 19.9 Å². The highest BCUT2D eigenvalue weighted by atomic mass is 19.4. The van der Waals surface area contributed by atoms with Crippen LogP contribution in [-0.4, -0.2) is 12.1 Å². The van der Waals surface area contributed by atoms with Crippen molar-refractivity contribution in [3.63, 3.8) is 0 Å². The fourth-order valence-electron chi connectivity index (χ4n) is 2.01. The fourth-order valence-corrected chi connectivity index (χ4v) is 2.01. The molecule has 0 bridgehead atoms. The van der Waals surface area contributed by atoms with Gasteiger partial charge in [0.2, 0.25) is 0 Å². The van der Waals surface area contributed by atoms with Crippen molar-refractivity contribution in [3.8, 4) is 0 Å². The van der Waals surface area contributed by atoms with Gasteiger partial charge in [-0.05, 0) is 31.5 Å². The molecule has 98 valence electrons. The van der Waals surface area contributed by atoms with Crippen LogP contribution in [0, 0.1) is 6.92 Å².